The topological polar surface area (TPSA) is 29.4 Å². The molecule has 0 saturated heterocycles. The molecule has 0 heterocycles. The van der Waals surface area contributed by atoms with Crippen molar-refractivity contribution in [2.75, 3.05) is 12.9 Å². The van der Waals surface area contributed by atoms with E-state index in [-0.39, 0.29) is 11.3 Å². The van der Waals surface area contributed by atoms with Crippen molar-refractivity contribution in [3.8, 4) is 0 Å². The van der Waals surface area contributed by atoms with Crippen LogP contribution in [0.2, 0.25) is 0 Å². The van der Waals surface area contributed by atoms with Gasteiger partial charge in [0.2, 0.25) is 0 Å². The van der Waals surface area contributed by atoms with Crippen molar-refractivity contribution in [3.63, 3.8) is 0 Å². The molecular formula is C9H8BrF2NOS. The van der Waals surface area contributed by atoms with Gasteiger partial charge < -0.3 is 0 Å². The van der Waals surface area contributed by atoms with E-state index in [1.807, 2.05) is 0 Å². The predicted octanol–water partition coefficient (Wildman–Crippen LogP) is 2.64. The summed E-state index contributed by atoms with van der Waals surface area (Å²) in [6, 6.07) is 4.10. The second-order valence-electron chi connectivity index (χ2n) is 2.72. The molecule has 1 aromatic carbocycles. The number of benzene rings is 1. The lowest BCUT2D eigenvalue weighted by Gasteiger charge is -2.03. The zero-order chi connectivity index (χ0) is 11.4. The van der Waals surface area contributed by atoms with E-state index >= 15 is 0 Å². The fraction of sp³-hybridized carbons (Fsp3) is 0.222. The molecule has 0 aliphatic rings. The highest BCUT2D eigenvalue weighted by Gasteiger charge is 2.10. The lowest BCUT2D eigenvalue weighted by molar-refractivity contribution is 0.577. The van der Waals surface area contributed by atoms with Crippen molar-refractivity contribution in [1.29, 1.82) is 0 Å². The normalized spacial score (nSPS) is 14.0. The minimum atomic E-state index is -1.54. The number of halogens is 3. The molecule has 1 aromatic rings. The minimum Gasteiger partial charge on any atom is -0.244 e. The molecule has 0 bridgehead atoms. The second-order valence-corrected chi connectivity index (χ2v) is 4.67. The number of nitrogens with zero attached hydrogens (tertiary/aromatic N) is 1. The van der Waals surface area contributed by atoms with E-state index in [0.717, 1.165) is 0 Å². The summed E-state index contributed by atoms with van der Waals surface area (Å²) in [5, 5.41) is 0. The molecule has 0 aromatic heterocycles. The van der Waals surface area contributed by atoms with Crippen LogP contribution in [0.1, 0.15) is 5.56 Å². The van der Waals surface area contributed by atoms with Gasteiger partial charge in [-0.3, -0.25) is 0 Å². The average Bonchev–Trinajstić information content (AvgIpc) is 2.18. The molecule has 82 valence electrons. The van der Waals surface area contributed by atoms with Crippen LogP contribution in [0.15, 0.2) is 27.1 Å². The Balaban J connectivity index is 3.23. The highest BCUT2D eigenvalue weighted by molar-refractivity contribution is 9.10. The molecule has 0 N–H and O–H groups in total. The zero-order valence-corrected chi connectivity index (χ0v) is 10.2. The van der Waals surface area contributed by atoms with Crippen LogP contribution < -0.4 is 0 Å². The van der Waals surface area contributed by atoms with E-state index in [0.29, 0.717) is 4.47 Å². The van der Waals surface area contributed by atoms with Crippen molar-refractivity contribution < 1.29 is 13.0 Å². The summed E-state index contributed by atoms with van der Waals surface area (Å²) < 4.78 is 40.8. The average molecular weight is 296 g/mol. The van der Waals surface area contributed by atoms with E-state index in [1.54, 1.807) is 0 Å². The van der Waals surface area contributed by atoms with Gasteiger partial charge in [0.15, 0.2) is 0 Å². The summed E-state index contributed by atoms with van der Waals surface area (Å²) in [7, 11) is -1.54. The number of rotatable bonds is 3. The Labute approximate surface area is 97.1 Å². The second kappa shape index (κ2) is 5.46. The molecule has 0 spiro atoms. The van der Waals surface area contributed by atoms with Gasteiger partial charge in [-0.25, -0.2) is 13.0 Å². The van der Waals surface area contributed by atoms with Gasteiger partial charge in [-0.1, -0.05) is 15.9 Å². The van der Waals surface area contributed by atoms with Crippen molar-refractivity contribution in [1.82, 2.24) is 0 Å². The monoisotopic (exact) mass is 295 g/mol. The van der Waals surface area contributed by atoms with Crippen molar-refractivity contribution in [2.45, 2.75) is 0 Å². The fourth-order valence-electron chi connectivity index (χ4n) is 1.02. The molecule has 1 rings (SSSR count). The highest BCUT2D eigenvalue weighted by atomic mass is 79.9. The van der Waals surface area contributed by atoms with Gasteiger partial charge in [-0.15, -0.1) is 0 Å². The molecule has 6 heteroatoms. The van der Waals surface area contributed by atoms with Gasteiger partial charge in [-0.2, -0.15) is 4.40 Å². The lowest BCUT2D eigenvalue weighted by atomic mass is 10.1. The molecule has 0 amide bonds. The molecule has 1 unspecified atom stereocenters. The molecule has 1 atom stereocenters. The SMILES string of the molecule is CS(=O)/N=C(\CF)c1cc(Br)ccc1F. The summed E-state index contributed by atoms with van der Waals surface area (Å²) in [6.07, 6.45) is 1.30. The molecule has 0 aliphatic heterocycles. The molecule has 0 fully saturated rings. The smallest absolute Gasteiger partial charge is 0.136 e. The largest absolute Gasteiger partial charge is 0.244 e. The van der Waals surface area contributed by atoms with Gasteiger partial charge in [0.05, 0.1) is 5.71 Å². The first-order valence-electron chi connectivity index (χ1n) is 3.97. The Kier molecular flexibility index (Phi) is 4.53. The van der Waals surface area contributed by atoms with E-state index in [9.17, 15) is 13.0 Å². The third-order valence-corrected chi connectivity index (χ3v) is 2.58. The number of hydrogen-bond donors (Lipinski definition) is 0. The van der Waals surface area contributed by atoms with Crippen molar-refractivity contribution in [3.05, 3.63) is 34.1 Å². The van der Waals surface area contributed by atoms with E-state index in [4.69, 9.17) is 0 Å². The third-order valence-electron chi connectivity index (χ3n) is 1.60. The Morgan fingerprint density at radius 3 is 2.80 bits per heavy atom. The van der Waals surface area contributed by atoms with Gasteiger partial charge in [0, 0.05) is 16.3 Å². The summed E-state index contributed by atoms with van der Waals surface area (Å²) >= 11 is 3.14. The molecule has 15 heavy (non-hydrogen) atoms. The van der Waals surface area contributed by atoms with E-state index in [1.165, 1.54) is 24.5 Å². The van der Waals surface area contributed by atoms with Crippen LogP contribution in [0, 0.1) is 5.82 Å². The van der Waals surface area contributed by atoms with Crippen molar-refractivity contribution in [2.24, 2.45) is 4.40 Å². The van der Waals surface area contributed by atoms with E-state index < -0.39 is 23.5 Å². The van der Waals surface area contributed by atoms with Crippen LogP contribution in [0.25, 0.3) is 0 Å². The quantitative estimate of drug-likeness (QED) is 0.788. The highest BCUT2D eigenvalue weighted by Crippen LogP contribution is 2.17. The minimum absolute atomic E-state index is 0.0297. The maximum Gasteiger partial charge on any atom is 0.136 e. The van der Waals surface area contributed by atoms with E-state index in [2.05, 4.69) is 20.3 Å². The maximum atomic E-state index is 13.3. The van der Waals surface area contributed by atoms with Gasteiger partial charge in [0.1, 0.15) is 23.5 Å². The summed E-state index contributed by atoms with van der Waals surface area (Å²) in [6.45, 7) is -0.951. The van der Waals surface area contributed by atoms with Gasteiger partial charge in [0.25, 0.3) is 0 Å². The summed E-state index contributed by atoms with van der Waals surface area (Å²) in [5.74, 6) is -0.583. The first kappa shape index (κ1) is 12.4. The fourth-order valence-corrected chi connectivity index (χ4v) is 1.84. The third kappa shape index (κ3) is 3.46. The molecule has 0 saturated carbocycles. The molecular weight excluding hydrogens is 288 g/mol. The van der Waals surface area contributed by atoms with Crippen LogP contribution in [0.5, 0.6) is 0 Å². The predicted molar refractivity (Wildman–Crippen MR) is 60.7 cm³/mol. The van der Waals surface area contributed by atoms with Crippen LogP contribution in [-0.2, 0) is 11.0 Å². The lowest BCUT2D eigenvalue weighted by Crippen LogP contribution is -2.07. The first-order chi connectivity index (χ1) is 7.04. The van der Waals surface area contributed by atoms with Crippen molar-refractivity contribution >= 4 is 32.6 Å². The number of hydrogen-bond acceptors (Lipinski definition) is 1. The standard InChI is InChI=1S/C9H8BrF2NOS/c1-15(14)13-9(5-11)7-4-6(10)2-3-8(7)12/h2-4H,5H2,1H3/b13-9+. The Morgan fingerprint density at radius 1 is 1.60 bits per heavy atom. The first-order valence-corrected chi connectivity index (χ1v) is 6.28. The maximum absolute atomic E-state index is 13.3. The van der Waals surface area contributed by atoms with Crippen LogP contribution in [0.4, 0.5) is 8.78 Å². The zero-order valence-electron chi connectivity index (χ0n) is 7.84. The van der Waals surface area contributed by atoms with Gasteiger partial charge in [-0.05, 0) is 18.2 Å². The molecule has 0 radical (unpaired) electrons. The molecule has 2 nitrogen and oxygen atoms in total. The van der Waals surface area contributed by atoms with Crippen LogP contribution in [-0.4, -0.2) is 22.9 Å². The van der Waals surface area contributed by atoms with Crippen LogP contribution >= 0.6 is 15.9 Å². The van der Waals surface area contributed by atoms with Crippen LogP contribution in [0.3, 0.4) is 0 Å². The Bertz CT molecular complexity index is 423. The Morgan fingerprint density at radius 2 is 2.27 bits per heavy atom. The Hall–Kier alpha value is -0.620. The molecule has 0 aliphatic carbocycles. The summed E-state index contributed by atoms with van der Waals surface area (Å²) in [4.78, 5) is 0. The summed E-state index contributed by atoms with van der Waals surface area (Å²) in [5.41, 5.74) is -0.114. The number of alkyl halides is 1. The van der Waals surface area contributed by atoms with Gasteiger partial charge >= 0.3 is 0 Å².